The van der Waals surface area contributed by atoms with Crippen molar-refractivity contribution < 1.29 is 4.39 Å². The zero-order valence-corrected chi connectivity index (χ0v) is 13.8. The van der Waals surface area contributed by atoms with E-state index >= 15 is 0 Å². The average Bonchev–Trinajstić information content (AvgIpc) is 3.12. The molecule has 0 fully saturated rings. The van der Waals surface area contributed by atoms with Crippen LogP contribution in [-0.4, -0.2) is 16.3 Å². The SMILES string of the molecule is Fc1ccc(-n2nc(-c3ccc(I)cc3)c3c2NCC3)cc1. The smallest absolute Gasteiger partial charge is 0.133 e. The lowest BCUT2D eigenvalue weighted by Gasteiger charge is -2.06. The molecule has 0 spiro atoms. The molecule has 1 N–H and O–H groups in total. The molecule has 1 aromatic heterocycles. The first-order chi connectivity index (χ1) is 10.7. The number of halogens is 2. The quantitative estimate of drug-likeness (QED) is 0.647. The van der Waals surface area contributed by atoms with Crippen LogP contribution < -0.4 is 5.32 Å². The van der Waals surface area contributed by atoms with Crippen molar-refractivity contribution in [2.24, 2.45) is 0 Å². The third kappa shape index (κ3) is 2.29. The summed E-state index contributed by atoms with van der Waals surface area (Å²) in [6, 6.07) is 14.8. The van der Waals surface area contributed by atoms with E-state index in [9.17, 15) is 4.39 Å². The van der Waals surface area contributed by atoms with Crippen molar-refractivity contribution in [2.75, 3.05) is 11.9 Å². The molecule has 0 saturated heterocycles. The van der Waals surface area contributed by atoms with E-state index in [1.54, 1.807) is 12.1 Å². The predicted octanol–water partition coefficient (Wildman–Crippen LogP) is 4.25. The Morgan fingerprint density at radius 2 is 1.77 bits per heavy atom. The highest BCUT2D eigenvalue weighted by molar-refractivity contribution is 14.1. The Morgan fingerprint density at radius 1 is 1.05 bits per heavy atom. The molecular weight excluding hydrogens is 392 g/mol. The minimum Gasteiger partial charge on any atom is -0.369 e. The molecule has 0 radical (unpaired) electrons. The van der Waals surface area contributed by atoms with Crippen molar-refractivity contribution in [1.82, 2.24) is 9.78 Å². The number of fused-ring (bicyclic) bond motifs is 1. The number of hydrogen-bond donors (Lipinski definition) is 1. The standard InChI is InChI=1S/C17H13FIN3/c18-12-3-7-14(8-4-12)22-17-15(9-10-20-17)16(21-22)11-1-5-13(19)6-2-11/h1-8,20H,9-10H2. The van der Waals surface area contributed by atoms with E-state index in [4.69, 9.17) is 5.10 Å². The largest absolute Gasteiger partial charge is 0.369 e. The molecule has 1 aliphatic rings. The van der Waals surface area contributed by atoms with Crippen LogP contribution in [0.15, 0.2) is 48.5 Å². The normalized spacial score (nSPS) is 13.0. The molecule has 5 heteroatoms. The fraction of sp³-hybridized carbons (Fsp3) is 0.118. The van der Waals surface area contributed by atoms with Crippen molar-refractivity contribution in [3.05, 3.63) is 63.5 Å². The molecule has 3 nitrogen and oxygen atoms in total. The summed E-state index contributed by atoms with van der Waals surface area (Å²) < 4.78 is 16.2. The topological polar surface area (TPSA) is 29.9 Å². The van der Waals surface area contributed by atoms with E-state index in [2.05, 4.69) is 52.2 Å². The average molecular weight is 405 g/mol. The van der Waals surface area contributed by atoms with Gasteiger partial charge in [0.05, 0.1) is 11.4 Å². The summed E-state index contributed by atoms with van der Waals surface area (Å²) in [4.78, 5) is 0. The second kappa shape index (κ2) is 5.39. The van der Waals surface area contributed by atoms with Crippen LogP contribution in [0.2, 0.25) is 0 Å². The van der Waals surface area contributed by atoms with Crippen LogP contribution >= 0.6 is 22.6 Å². The molecule has 3 aromatic rings. The molecule has 4 rings (SSSR count). The molecule has 0 aliphatic carbocycles. The molecule has 0 amide bonds. The first kappa shape index (κ1) is 13.8. The molecule has 110 valence electrons. The van der Waals surface area contributed by atoms with Gasteiger partial charge in [-0.15, -0.1) is 0 Å². The molecule has 2 aromatic carbocycles. The molecule has 0 unspecified atom stereocenters. The Hall–Kier alpha value is -1.89. The summed E-state index contributed by atoms with van der Waals surface area (Å²) >= 11 is 2.30. The molecule has 22 heavy (non-hydrogen) atoms. The number of aromatic nitrogens is 2. The summed E-state index contributed by atoms with van der Waals surface area (Å²) in [6.07, 6.45) is 0.956. The lowest BCUT2D eigenvalue weighted by Crippen LogP contribution is -2.04. The van der Waals surface area contributed by atoms with Crippen molar-refractivity contribution in [3.63, 3.8) is 0 Å². The number of benzene rings is 2. The first-order valence-electron chi connectivity index (χ1n) is 7.10. The fourth-order valence-electron chi connectivity index (χ4n) is 2.78. The lowest BCUT2D eigenvalue weighted by atomic mass is 10.1. The Bertz CT molecular complexity index is 754. The molecule has 0 saturated carbocycles. The maximum absolute atomic E-state index is 13.1. The van der Waals surface area contributed by atoms with Gasteiger partial charge >= 0.3 is 0 Å². The van der Waals surface area contributed by atoms with Crippen LogP contribution in [0.4, 0.5) is 10.2 Å². The van der Waals surface area contributed by atoms with E-state index in [0.717, 1.165) is 35.7 Å². The molecule has 2 heterocycles. The van der Waals surface area contributed by atoms with E-state index in [0.29, 0.717) is 0 Å². The summed E-state index contributed by atoms with van der Waals surface area (Å²) in [5, 5.41) is 8.15. The second-order valence-electron chi connectivity index (χ2n) is 5.25. The van der Waals surface area contributed by atoms with Crippen LogP contribution in [0.3, 0.4) is 0 Å². The van der Waals surface area contributed by atoms with Gasteiger partial charge in [0.2, 0.25) is 0 Å². The van der Waals surface area contributed by atoms with Crippen LogP contribution in [0.5, 0.6) is 0 Å². The van der Waals surface area contributed by atoms with Gasteiger partial charge in [-0.25, -0.2) is 9.07 Å². The summed E-state index contributed by atoms with van der Waals surface area (Å²) in [7, 11) is 0. The van der Waals surface area contributed by atoms with E-state index in [-0.39, 0.29) is 5.82 Å². The van der Waals surface area contributed by atoms with Gasteiger partial charge in [-0.3, -0.25) is 0 Å². The highest BCUT2D eigenvalue weighted by Crippen LogP contribution is 2.34. The summed E-state index contributed by atoms with van der Waals surface area (Å²) in [5.41, 5.74) is 4.20. The maximum atomic E-state index is 13.1. The zero-order chi connectivity index (χ0) is 15.1. The molecular formula is C17H13FIN3. The second-order valence-corrected chi connectivity index (χ2v) is 6.49. The van der Waals surface area contributed by atoms with Gasteiger partial charge in [0.25, 0.3) is 0 Å². The van der Waals surface area contributed by atoms with Gasteiger partial charge in [0, 0.05) is 21.2 Å². The zero-order valence-electron chi connectivity index (χ0n) is 11.7. The fourth-order valence-corrected chi connectivity index (χ4v) is 3.14. The first-order valence-corrected chi connectivity index (χ1v) is 8.18. The van der Waals surface area contributed by atoms with Crippen LogP contribution in [0.25, 0.3) is 16.9 Å². The number of nitrogens with zero attached hydrogens (tertiary/aromatic N) is 2. The van der Waals surface area contributed by atoms with Crippen molar-refractivity contribution in [1.29, 1.82) is 0 Å². The van der Waals surface area contributed by atoms with Crippen LogP contribution in [0.1, 0.15) is 5.56 Å². The maximum Gasteiger partial charge on any atom is 0.133 e. The van der Waals surface area contributed by atoms with Gasteiger partial charge in [-0.05, 0) is 65.4 Å². The van der Waals surface area contributed by atoms with Crippen LogP contribution in [0, 0.1) is 9.39 Å². The Morgan fingerprint density at radius 3 is 2.50 bits per heavy atom. The Balaban J connectivity index is 1.86. The Kier molecular flexibility index (Phi) is 3.37. The molecule has 0 bridgehead atoms. The van der Waals surface area contributed by atoms with Crippen molar-refractivity contribution >= 4 is 28.4 Å². The molecule has 0 atom stereocenters. The Labute approximate surface area is 141 Å². The minimum absolute atomic E-state index is 0.238. The van der Waals surface area contributed by atoms with Crippen LogP contribution in [-0.2, 0) is 6.42 Å². The predicted molar refractivity (Wildman–Crippen MR) is 93.9 cm³/mol. The summed E-state index contributed by atoms with van der Waals surface area (Å²) in [6.45, 7) is 0.908. The minimum atomic E-state index is -0.238. The van der Waals surface area contributed by atoms with Gasteiger partial charge in [-0.1, -0.05) is 12.1 Å². The number of hydrogen-bond acceptors (Lipinski definition) is 2. The highest BCUT2D eigenvalue weighted by atomic mass is 127. The van der Waals surface area contributed by atoms with Gasteiger partial charge < -0.3 is 5.32 Å². The van der Waals surface area contributed by atoms with E-state index in [1.807, 2.05) is 4.68 Å². The summed E-state index contributed by atoms with van der Waals surface area (Å²) in [5.74, 6) is 0.776. The number of anilines is 1. The van der Waals surface area contributed by atoms with Gasteiger partial charge in [0.15, 0.2) is 0 Å². The highest BCUT2D eigenvalue weighted by Gasteiger charge is 2.23. The van der Waals surface area contributed by atoms with E-state index < -0.39 is 0 Å². The lowest BCUT2D eigenvalue weighted by molar-refractivity contribution is 0.627. The number of nitrogens with one attached hydrogen (secondary N) is 1. The van der Waals surface area contributed by atoms with Crippen molar-refractivity contribution in [3.8, 4) is 16.9 Å². The number of rotatable bonds is 2. The third-order valence-electron chi connectivity index (χ3n) is 3.84. The monoisotopic (exact) mass is 405 g/mol. The van der Waals surface area contributed by atoms with Gasteiger partial charge in [-0.2, -0.15) is 5.10 Å². The van der Waals surface area contributed by atoms with Crippen molar-refractivity contribution in [2.45, 2.75) is 6.42 Å². The van der Waals surface area contributed by atoms with E-state index in [1.165, 1.54) is 21.3 Å². The third-order valence-corrected chi connectivity index (χ3v) is 4.56. The van der Waals surface area contributed by atoms with Gasteiger partial charge in [0.1, 0.15) is 11.6 Å². The molecule has 1 aliphatic heterocycles.